The van der Waals surface area contributed by atoms with E-state index in [9.17, 15) is 14.4 Å². The van der Waals surface area contributed by atoms with Gasteiger partial charge in [-0.25, -0.2) is 9.69 Å². The molecule has 0 bridgehead atoms. The minimum Gasteiger partial charge on any atom is -0.469 e. The summed E-state index contributed by atoms with van der Waals surface area (Å²) in [6.07, 6.45) is 1.84. The fourth-order valence-electron chi connectivity index (χ4n) is 5.86. The maximum Gasteiger partial charge on any atom is 0.327 e. The van der Waals surface area contributed by atoms with Crippen LogP contribution in [0, 0.1) is 5.41 Å². The minimum absolute atomic E-state index is 0.00794. The van der Waals surface area contributed by atoms with E-state index in [4.69, 9.17) is 14.2 Å². The number of hydrogen-bond acceptors (Lipinski definition) is 7. The van der Waals surface area contributed by atoms with Crippen molar-refractivity contribution in [3.8, 4) is 17.2 Å². The van der Waals surface area contributed by atoms with Crippen molar-refractivity contribution in [1.82, 2.24) is 20.0 Å². The number of carbonyl (C=O) groups is 3. The van der Waals surface area contributed by atoms with Crippen molar-refractivity contribution in [3.63, 3.8) is 0 Å². The zero-order chi connectivity index (χ0) is 29.1. The second-order valence-corrected chi connectivity index (χ2v) is 11.0. The number of amides is 4. The van der Waals surface area contributed by atoms with Gasteiger partial charge in [-0.15, -0.1) is 0 Å². The van der Waals surface area contributed by atoms with Crippen LogP contribution in [0.3, 0.4) is 0 Å². The van der Waals surface area contributed by atoms with Crippen LogP contribution < -0.4 is 19.5 Å². The van der Waals surface area contributed by atoms with Crippen molar-refractivity contribution >= 4 is 17.8 Å². The van der Waals surface area contributed by atoms with Gasteiger partial charge in [-0.2, -0.15) is 0 Å². The Morgan fingerprint density at radius 2 is 1.68 bits per heavy atom. The van der Waals surface area contributed by atoms with Crippen LogP contribution in [-0.2, 0) is 4.79 Å². The van der Waals surface area contributed by atoms with Crippen molar-refractivity contribution in [2.75, 3.05) is 40.0 Å². The van der Waals surface area contributed by atoms with Gasteiger partial charge in [0.05, 0.1) is 6.04 Å². The molecule has 2 aromatic rings. The second kappa shape index (κ2) is 12.0. The topological polar surface area (TPSA) is 101 Å². The summed E-state index contributed by atoms with van der Waals surface area (Å²) in [5.74, 6) is 1.57. The van der Waals surface area contributed by atoms with Crippen molar-refractivity contribution in [3.05, 3.63) is 53.6 Å². The first-order valence-corrected chi connectivity index (χ1v) is 14.6. The van der Waals surface area contributed by atoms with Crippen LogP contribution in [0.1, 0.15) is 68.4 Å². The molecule has 10 nitrogen and oxygen atoms in total. The predicted octanol–water partition coefficient (Wildman–Crippen LogP) is 4.41. The van der Waals surface area contributed by atoms with E-state index in [-0.39, 0.29) is 24.6 Å². The van der Waals surface area contributed by atoms with E-state index in [1.165, 1.54) is 4.90 Å². The monoisotopic (exact) mass is 564 g/mol. The van der Waals surface area contributed by atoms with Gasteiger partial charge in [0.1, 0.15) is 11.2 Å². The van der Waals surface area contributed by atoms with Crippen LogP contribution in [0.2, 0.25) is 0 Å². The van der Waals surface area contributed by atoms with E-state index in [1.807, 2.05) is 43.9 Å². The van der Waals surface area contributed by atoms with Gasteiger partial charge in [0.25, 0.3) is 5.91 Å². The maximum absolute atomic E-state index is 13.6. The zero-order valence-electron chi connectivity index (χ0n) is 24.4. The molecule has 0 aromatic heterocycles. The van der Waals surface area contributed by atoms with E-state index in [1.54, 1.807) is 24.3 Å². The molecule has 2 saturated heterocycles. The molecule has 0 radical (unpaired) electrons. The van der Waals surface area contributed by atoms with E-state index in [0.29, 0.717) is 55.2 Å². The Bertz CT molecular complexity index is 1270. The van der Waals surface area contributed by atoms with Crippen LogP contribution >= 0.6 is 0 Å². The molecule has 3 heterocycles. The highest BCUT2D eigenvalue weighted by molar-refractivity contribution is 6.03. The summed E-state index contributed by atoms with van der Waals surface area (Å²) in [7, 11) is 2.05. The number of nitrogens with one attached hydrogen (secondary N) is 1. The number of ether oxygens (including phenoxy) is 3. The normalized spacial score (nSPS) is 20.4. The van der Waals surface area contributed by atoms with Gasteiger partial charge in [-0.1, -0.05) is 33.3 Å². The van der Waals surface area contributed by atoms with Crippen LogP contribution in [-0.4, -0.2) is 78.8 Å². The highest BCUT2D eigenvalue weighted by atomic mass is 16.7. The molecule has 2 aromatic carbocycles. The number of rotatable bonds is 9. The summed E-state index contributed by atoms with van der Waals surface area (Å²) in [5.41, 5.74) is 0.669. The number of imide groups is 1. The number of fused-ring (bicyclic) bond motifs is 1. The van der Waals surface area contributed by atoms with Crippen LogP contribution in [0.5, 0.6) is 17.2 Å². The van der Waals surface area contributed by atoms with Gasteiger partial charge < -0.3 is 29.3 Å². The molecule has 2 atom stereocenters. The SMILES string of the molecule is CCC[C@@H](NC(=O)N1C(=O)C(CC)(CC)C1Oc1ccc(C(=O)N2CCN(C)CC2)cc1)c1ccc2c(c1)OCO2. The lowest BCUT2D eigenvalue weighted by molar-refractivity contribution is -0.191. The molecule has 0 aliphatic carbocycles. The summed E-state index contributed by atoms with van der Waals surface area (Å²) >= 11 is 0. The van der Waals surface area contributed by atoms with Crippen molar-refractivity contribution in [2.24, 2.45) is 5.41 Å². The van der Waals surface area contributed by atoms with Gasteiger partial charge >= 0.3 is 6.03 Å². The van der Waals surface area contributed by atoms with E-state index in [2.05, 4.69) is 17.3 Å². The molecule has 41 heavy (non-hydrogen) atoms. The molecule has 0 spiro atoms. The Kier molecular flexibility index (Phi) is 8.40. The number of urea groups is 1. The van der Waals surface area contributed by atoms with E-state index in [0.717, 1.165) is 25.1 Å². The molecule has 2 fully saturated rings. The van der Waals surface area contributed by atoms with Crippen molar-refractivity contribution in [1.29, 1.82) is 0 Å². The molecule has 220 valence electrons. The average Bonchev–Trinajstić information content (AvgIpc) is 3.46. The Morgan fingerprint density at radius 1 is 1.00 bits per heavy atom. The zero-order valence-corrected chi connectivity index (χ0v) is 24.4. The van der Waals surface area contributed by atoms with E-state index < -0.39 is 17.7 Å². The first-order valence-electron chi connectivity index (χ1n) is 14.6. The van der Waals surface area contributed by atoms with Gasteiger partial charge in [0.15, 0.2) is 17.7 Å². The summed E-state index contributed by atoms with van der Waals surface area (Å²) in [4.78, 5) is 45.3. The summed E-state index contributed by atoms with van der Waals surface area (Å²) < 4.78 is 17.3. The lowest BCUT2D eigenvalue weighted by atomic mass is 9.72. The quantitative estimate of drug-likeness (QED) is 0.451. The number of likely N-dealkylation sites (N-methyl/N-ethyl adjacent to an activating group) is 1. The fraction of sp³-hybridized carbons (Fsp3) is 0.516. The minimum atomic E-state index is -0.801. The molecule has 4 amide bonds. The van der Waals surface area contributed by atoms with Gasteiger partial charge in [-0.3, -0.25) is 9.59 Å². The standard InChI is InChI=1S/C31H40N4O6/c1-5-8-24(22-11-14-25-26(19-22)40-20-39-25)32-30(38)35-28(37)31(6-2,7-3)29(35)41-23-12-9-21(10-13-23)27(36)34-17-15-33(4)16-18-34/h9-14,19,24,29H,5-8,15-18,20H2,1-4H3,(H,32,38)/t24-,29?/m1/s1. The molecule has 0 saturated carbocycles. The number of piperazine rings is 1. The molecule has 10 heteroatoms. The van der Waals surface area contributed by atoms with Crippen molar-refractivity contribution < 1.29 is 28.6 Å². The molecule has 1 N–H and O–H groups in total. The Balaban J connectivity index is 1.31. The third-order valence-corrected chi connectivity index (χ3v) is 8.65. The Labute approximate surface area is 241 Å². The molecule has 5 rings (SSSR count). The third-order valence-electron chi connectivity index (χ3n) is 8.65. The summed E-state index contributed by atoms with van der Waals surface area (Å²) in [6, 6.07) is 11.8. The lowest BCUT2D eigenvalue weighted by Crippen LogP contribution is -2.73. The number of benzene rings is 2. The first-order chi connectivity index (χ1) is 19.8. The predicted molar refractivity (Wildman–Crippen MR) is 153 cm³/mol. The number of likely N-dealkylation sites (tertiary alicyclic amines) is 1. The molecule has 3 aliphatic heterocycles. The average molecular weight is 565 g/mol. The summed E-state index contributed by atoms with van der Waals surface area (Å²) in [5, 5.41) is 3.06. The number of nitrogens with zero attached hydrogens (tertiary/aromatic N) is 3. The van der Waals surface area contributed by atoms with Crippen LogP contribution in [0.25, 0.3) is 0 Å². The third kappa shape index (κ3) is 5.45. The largest absolute Gasteiger partial charge is 0.469 e. The first kappa shape index (κ1) is 28.7. The molecule has 3 aliphatic rings. The van der Waals surface area contributed by atoms with E-state index >= 15 is 0 Å². The van der Waals surface area contributed by atoms with Gasteiger partial charge in [0, 0.05) is 31.7 Å². The fourth-order valence-corrected chi connectivity index (χ4v) is 5.86. The number of carbonyl (C=O) groups excluding carboxylic acids is 3. The number of β-lactam (4-membered cyclic amide) rings is 1. The molecule has 1 unspecified atom stereocenters. The van der Waals surface area contributed by atoms with Crippen LogP contribution in [0.4, 0.5) is 4.79 Å². The molecular weight excluding hydrogens is 524 g/mol. The second-order valence-electron chi connectivity index (χ2n) is 11.0. The summed E-state index contributed by atoms with van der Waals surface area (Å²) in [6.45, 7) is 9.20. The van der Waals surface area contributed by atoms with Gasteiger partial charge in [0.2, 0.25) is 12.7 Å². The highest BCUT2D eigenvalue weighted by Gasteiger charge is 2.63. The lowest BCUT2D eigenvalue weighted by Gasteiger charge is -2.53. The maximum atomic E-state index is 13.6. The van der Waals surface area contributed by atoms with Crippen molar-refractivity contribution in [2.45, 2.75) is 58.7 Å². The Morgan fingerprint density at radius 3 is 2.34 bits per heavy atom. The van der Waals surface area contributed by atoms with Crippen LogP contribution in [0.15, 0.2) is 42.5 Å². The highest BCUT2D eigenvalue weighted by Crippen LogP contribution is 2.46. The number of hydrogen-bond donors (Lipinski definition) is 1. The molecular formula is C31H40N4O6. The smallest absolute Gasteiger partial charge is 0.327 e. The van der Waals surface area contributed by atoms with Gasteiger partial charge in [-0.05, 0) is 68.3 Å². The Hall–Kier alpha value is -3.79.